The number of fused-ring (bicyclic) bond motifs is 7. The van der Waals surface area contributed by atoms with E-state index in [-0.39, 0.29) is 52.1 Å². The molecule has 8 heterocycles. The number of benzene rings is 1. The number of ether oxygens (including phenoxy) is 18. The predicted molar refractivity (Wildman–Crippen MR) is 426 cm³/mol. The molecule has 8 saturated heterocycles. The van der Waals surface area contributed by atoms with Crippen LogP contribution in [0.5, 0.6) is 11.5 Å². The highest BCUT2D eigenvalue weighted by molar-refractivity contribution is 5.87. The van der Waals surface area contributed by atoms with Crippen LogP contribution >= 0.6 is 0 Å². The van der Waals surface area contributed by atoms with E-state index in [9.17, 15) is 117 Å². The minimum atomic E-state index is -2.10. The fourth-order valence-electron chi connectivity index (χ4n) is 22.9. The predicted octanol–water partition coefficient (Wildman–Crippen LogP) is -5.43. The number of aliphatic hydroxyl groups excluding tert-OH is 21. The van der Waals surface area contributed by atoms with Gasteiger partial charge in [0.2, 0.25) is 6.29 Å². The van der Waals surface area contributed by atoms with Crippen molar-refractivity contribution >= 4 is 18.0 Å². The van der Waals surface area contributed by atoms with Crippen molar-refractivity contribution in [2.24, 2.45) is 50.2 Å². The number of allylic oxidation sites excluding steroid dienone is 2. The summed E-state index contributed by atoms with van der Waals surface area (Å²) >= 11 is 0. The summed E-state index contributed by atoms with van der Waals surface area (Å²) in [6, 6.07) is 4.23. The van der Waals surface area contributed by atoms with Crippen LogP contribution in [0.15, 0.2) is 35.9 Å². The number of methoxy groups -OCH3 is 1. The molecule has 0 aromatic heterocycles. The van der Waals surface area contributed by atoms with Crippen molar-refractivity contribution in [1.29, 1.82) is 0 Å². The minimum absolute atomic E-state index is 0.0258. The number of carbonyl (C=O) groups is 2. The van der Waals surface area contributed by atoms with E-state index < -0.39 is 301 Å². The zero-order valence-corrected chi connectivity index (χ0v) is 73.0. The Hall–Kier alpha value is -4.20. The van der Waals surface area contributed by atoms with Gasteiger partial charge in [0.05, 0.1) is 70.5 Å². The highest BCUT2D eigenvalue weighted by Crippen LogP contribution is 2.76. The zero-order chi connectivity index (χ0) is 93.0. The summed E-state index contributed by atoms with van der Waals surface area (Å²) in [4.78, 5) is 28.4. The minimum Gasteiger partial charge on any atom is -0.504 e. The molecule has 42 nitrogen and oxygen atoms in total. The van der Waals surface area contributed by atoms with Gasteiger partial charge in [-0.3, -0.25) is 4.79 Å². The lowest BCUT2D eigenvalue weighted by Gasteiger charge is -2.71. The number of esters is 2. The second kappa shape index (κ2) is 39.1. The number of phenols is 1. The van der Waals surface area contributed by atoms with E-state index in [0.717, 1.165) is 24.5 Å². The molecule has 8 aliphatic heterocycles. The van der Waals surface area contributed by atoms with E-state index in [1.54, 1.807) is 0 Å². The molecule has 12 fully saturated rings. The lowest BCUT2D eigenvalue weighted by molar-refractivity contribution is -0.386. The number of phenolic OH excluding ortho intramolecular Hbond substituents is 1. The van der Waals surface area contributed by atoms with Crippen LogP contribution < -0.4 is 4.74 Å². The summed E-state index contributed by atoms with van der Waals surface area (Å²) in [5.41, 5.74) is -1.55. The van der Waals surface area contributed by atoms with E-state index >= 15 is 4.79 Å². The van der Waals surface area contributed by atoms with Crippen molar-refractivity contribution in [2.75, 3.05) is 46.8 Å². The lowest BCUT2D eigenvalue weighted by Crippen LogP contribution is -2.67. The highest BCUT2D eigenvalue weighted by atomic mass is 16.8. The van der Waals surface area contributed by atoms with Crippen LogP contribution in [0.2, 0.25) is 0 Å². The molecule has 13 aliphatic rings. The van der Waals surface area contributed by atoms with Gasteiger partial charge in [0.25, 0.3) is 0 Å². The van der Waals surface area contributed by atoms with Gasteiger partial charge in [0, 0.05) is 6.08 Å². The maximum absolute atomic E-state index is 15.4. The quantitative estimate of drug-likeness (QED) is 0.0199. The van der Waals surface area contributed by atoms with Crippen molar-refractivity contribution < 1.29 is 207 Å². The third-order valence-corrected chi connectivity index (χ3v) is 30.9. The maximum Gasteiger partial charge on any atom is 0.331 e. The Morgan fingerprint density at radius 3 is 1.67 bits per heavy atom. The smallest absolute Gasteiger partial charge is 0.331 e. The molecule has 0 amide bonds. The third kappa shape index (κ3) is 18.5. The zero-order valence-electron chi connectivity index (χ0n) is 73.0. The normalized spacial score (nSPS) is 50.2. The molecule has 1 aromatic rings. The van der Waals surface area contributed by atoms with Gasteiger partial charge in [-0.25, -0.2) is 4.79 Å². The van der Waals surface area contributed by atoms with Gasteiger partial charge in [0.15, 0.2) is 61.6 Å². The molecule has 128 heavy (non-hydrogen) atoms. The first-order valence-corrected chi connectivity index (χ1v) is 44.3. The Labute approximate surface area is 738 Å². The van der Waals surface area contributed by atoms with E-state index in [1.807, 2.05) is 0 Å². The van der Waals surface area contributed by atoms with Crippen molar-refractivity contribution in [1.82, 2.24) is 0 Å². The molecule has 1 aromatic carbocycles. The lowest BCUT2D eigenvalue weighted by atomic mass is 9.33. The Morgan fingerprint density at radius 1 is 0.469 bits per heavy atom. The second-order valence-corrected chi connectivity index (χ2v) is 39.3. The Balaban J connectivity index is 0.589. The van der Waals surface area contributed by atoms with Gasteiger partial charge in [-0.2, -0.15) is 0 Å². The molecule has 728 valence electrons. The average molecular weight is 1840 g/mol. The highest BCUT2D eigenvalue weighted by Gasteiger charge is 2.71. The Morgan fingerprint density at radius 2 is 1.02 bits per heavy atom. The van der Waals surface area contributed by atoms with Gasteiger partial charge in [-0.05, 0) is 147 Å². The molecule has 22 N–H and O–H groups in total. The maximum atomic E-state index is 15.4. The van der Waals surface area contributed by atoms with Crippen LogP contribution in [-0.4, -0.2) is 411 Å². The molecule has 4 saturated carbocycles. The summed E-state index contributed by atoms with van der Waals surface area (Å²) in [7, 11) is 1.34. The van der Waals surface area contributed by atoms with E-state index in [1.165, 1.54) is 45.2 Å². The molecule has 0 bridgehead atoms. The number of hydrogen-bond acceptors (Lipinski definition) is 42. The number of aromatic hydroxyl groups is 1. The largest absolute Gasteiger partial charge is 0.504 e. The molecule has 5 aliphatic carbocycles. The van der Waals surface area contributed by atoms with Crippen LogP contribution in [0.25, 0.3) is 6.08 Å². The summed E-state index contributed by atoms with van der Waals surface area (Å²) in [6.45, 7) is 14.1. The van der Waals surface area contributed by atoms with Gasteiger partial charge in [-0.1, -0.05) is 66.2 Å². The summed E-state index contributed by atoms with van der Waals surface area (Å²) in [5.74, 6) is -2.03. The molecular weight excluding hydrogens is 1700 g/mol. The standard InChI is InChI=1S/C86H132O42/c1-33-50(93)56(99)61(104)74(115-33)124-67-42(28-88)118-72(63(106)58(67)101)113-31-44-53(96)57(100)62(105)76(121-44)128-80(110)86-23-21-81(3,4)26-37(86)36-13-15-47-83(7)19-18-48(82(5,6)46(83)17-20-85(47,9)84(36,8)22-24-86)122-79-71(52(95)39(91)30-112-79)127-77-65(108)69(51(94)34(2)116-77)126-73-60(103)54(97)45(32-114-73)120-75-64(107)59(102)68(43(29-89)119-75)125-78-66(109)70(55(98)41(27-87)117-78)123-49(92)16-12-35-11-14-40(111-10)38(90)25-35/h11-14,16,25,33-34,37,39,41-48,50-79,87-91,93-109H,15,17-24,26-32H2,1-10H3/b16-12+/t33-,34-,37-,39-,41+,42+,43+,44+,45+,46?,47+,48?,50-,51-,52-,53+,54+,55+,56+,57-,58+,59+,60+,61+,62+,63+,64+,65+,66+,67+,68+,69+,70-,71+,72+,73-,74-,75-,76-,77-,78-,79-,83-,84+,85+,86-/m0/s1. The van der Waals surface area contributed by atoms with E-state index in [2.05, 4.69) is 54.5 Å². The number of hydrogen-bond donors (Lipinski definition) is 22. The number of aliphatic hydroxyl groups is 21. The van der Waals surface area contributed by atoms with Gasteiger partial charge < -0.3 is 198 Å². The van der Waals surface area contributed by atoms with Crippen molar-refractivity contribution in [3.05, 3.63) is 41.5 Å². The SMILES string of the molecule is COc1ccc(/C=C/C(=O)O[C@@H]2[C@@H](O)[C@H](O[C@H]3[C@H](O)[C@@H](O)[C@H](O[C@@H]4CO[C@@H](O[C@@H]5[C@@H](O)[C@H](C)O[C@@H](O[C@H]6[C@H](OC7CC[C@@]8(C)C(CC[C@]9(C)[C@@H]8CC=C8[C@@H]%10CC(C)(C)CC[C@]%10(C(=O)O[C@@H]%10O[C@H](CO[C@@H]%11O[C@H](CO)[C@@H](O[C@@H]%12O[C@@H](C)[C@H](O)[C@@H](O)[C@H]%12O)[C@H](O)[C@H]%11O)[C@@H](O)[C@H](O)[C@H]%10O)CC[C@]89C)C7(C)C)OC[C@H](O)[C@@H]6O)[C@@H]5O)[C@H](O)[C@@H]4O)O[C@@H]3CO)O[C@H](CO)[C@H]2O)cc1O. The molecule has 2 unspecified atom stereocenters. The van der Waals surface area contributed by atoms with Crippen molar-refractivity contribution in [3.63, 3.8) is 0 Å². The Kier molecular flexibility index (Phi) is 30.5. The number of carbonyl (C=O) groups excluding carboxylic acids is 2. The molecular formula is C86H132O42. The van der Waals surface area contributed by atoms with Crippen LogP contribution in [-0.2, 0) is 90.1 Å². The Bertz CT molecular complexity index is 3970. The van der Waals surface area contributed by atoms with E-state index in [4.69, 9.17) is 85.3 Å². The fourth-order valence-corrected chi connectivity index (χ4v) is 22.9. The van der Waals surface area contributed by atoms with Crippen LogP contribution in [0.1, 0.15) is 132 Å². The molecule has 46 atom stereocenters. The molecule has 0 radical (unpaired) electrons. The third-order valence-electron chi connectivity index (χ3n) is 30.9. The molecule has 42 heteroatoms. The van der Waals surface area contributed by atoms with Crippen molar-refractivity contribution in [2.45, 2.75) is 366 Å². The van der Waals surface area contributed by atoms with Crippen LogP contribution in [0.4, 0.5) is 0 Å². The van der Waals surface area contributed by atoms with E-state index in [0.29, 0.717) is 56.9 Å². The summed E-state index contributed by atoms with van der Waals surface area (Å²) in [6.07, 6.45) is -56.1. The van der Waals surface area contributed by atoms with Gasteiger partial charge in [0.1, 0.15) is 165 Å². The summed E-state index contributed by atoms with van der Waals surface area (Å²) in [5, 5.41) is 244. The van der Waals surface area contributed by atoms with Crippen molar-refractivity contribution in [3.8, 4) is 11.5 Å². The number of rotatable bonds is 24. The second-order valence-electron chi connectivity index (χ2n) is 39.3. The summed E-state index contributed by atoms with van der Waals surface area (Å²) < 4.78 is 106. The first-order valence-electron chi connectivity index (χ1n) is 44.3. The first kappa shape index (κ1) is 99.8. The van der Waals surface area contributed by atoms with Crippen LogP contribution in [0.3, 0.4) is 0 Å². The molecule has 0 spiro atoms. The van der Waals surface area contributed by atoms with Gasteiger partial charge >= 0.3 is 11.9 Å². The molecule has 14 rings (SSSR count). The monoisotopic (exact) mass is 1840 g/mol. The first-order chi connectivity index (χ1) is 60.3. The average Bonchev–Trinajstić information content (AvgIpc) is 0.672. The van der Waals surface area contributed by atoms with Crippen LogP contribution in [0, 0.1) is 50.2 Å². The fraction of sp³-hybridized carbons (Fsp3) is 0.860. The topological polar surface area (TPSA) is 645 Å². The van der Waals surface area contributed by atoms with Gasteiger partial charge in [-0.15, -0.1) is 0 Å².